The summed E-state index contributed by atoms with van der Waals surface area (Å²) in [6.07, 6.45) is 0. The van der Waals surface area contributed by atoms with Gasteiger partial charge in [0.2, 0.25) is 6.79 Å². The van der Waals surface area contributed by atoms with E-state index in [0.29, 0.717) is 0 Å². The standard InChI is InChI=1S/C19H18N2O3S/c1-11-6-12(2)18(22-3)14(7-11)15-9-25-19(21-15)20-13-4-5-16-17(8-13)24-10-23-16/h4-9H,10H2,1-3H3,(H,20,21). The van der Waals surface area contributed by atoms with Gasteiger partial charge in [0.25, 0.3) is 0 Å². The predicted octanol–water partition coefficient (Wildman–Crippen LogP) is 4.91. The Morgan fingerprint density at radius 1 is 1.12 bits per heavy atom. The molecule has 1 N–H and O–H groups in total. The number of methoxy groups -OCH3 is 1. The average molecular weight is 354 g/mol. The van der Waals surface area contributed by atoms with Crippen LogP contribution >= 0.6 is 11.3 Å². The maximum absolute atomic E-state index is 5.58. The second kappa shape index (κ2) is 6.29. The normalized spacial score (nSPS) is 12.3. The maximum Gasteiger partial charge on any atom is 0.231 e. The zero-order valence-electron chi connectivity index (χ0n) is 14.3. The minimum absolute atomic E-state index is 0.271. The van der Waals surface area contributed by atoms with Crippen molar-refractivity contribution in [3.63, 3.8) is 0 Å². The van der Waals surface area contributed by atoms with Crippen LogP contribution in [0.3, 0.4) is 0 Å². The molecule has 6 heteroatoms. The molecule has 0 atom stereocenters. The zero-order chi connectivity index (χ0) is 17.4. The molecule has 4 rings (SSSR count). The van der Waals surface area contributed by atoms with E-state index in [-0.39, 0.29) is 6.79 Å². The molecule has 0 saturated carbocycles. The summed E-state index contributed by atoms with van der Waals surface area (Å²) in [6.45, 7) is 4.40. The lowest BCUT2D eigenvalue weighted by Crippen LogP contribution is -1.94. The summed E-state index contributed by atoms with van der Waals surface area (Å²) in [7, 11) is 1.69. The number of aromatic nitrogens is 1. The number of hydrogen-bond donors (Lipinski definition) is 1. The van der Waals surface area contributed by atoms with Gasteiger partial charge in [0, 0.05) is 22.7 Å². The molecular formula is C19H18N2O3S. The first kappa shape index (κ1) is 15.8. The van der Waals surface area contributed by atoms with Crippen molar-refractivity contribution < 1.29 is 14.2 Å². The van der Waals surface area contributed by atoms with Crippen molar-refractivity contribution in [3.8, 4) is 28.5 Å². The van der Waals surface area contributed by atoms with Gasteiger partial charge in [0.1, 0.15) is 5.75 Å². The largest absolute Gasteiger partial charge is 0.496 e. The second-order valence-corrected chi connectivity index (χ2v) is 6.75. The highest BCUT2D eigenvalue weighted by molar-refractivity contribution is 7.14. The summed E-state index contributed by atoms with van der Waals surface area (Å²) in [5.74, 6) is 2.38. The number of aryl methyl sites for hydroxylation is 2. The van der Waals surface area contributed by atoms with Gasteiger partial charge in [-0.25, -0.2) is 4.98 Å². The number of hydrogen-bond acceptors (Lipinski definition) is 6. The molecule has 0 unspecified atom stereocenters. The van der Waals surface area contributed by atoms with E-state index in [1.165, 1.54) is 5.56 Å². The molecule has 0 aliphatic carbocycles. The molecule has 0 fully saturated rings. The molecule has 128 valence electrons. The molecule has 25 heavy (non-hydrogen) atoms. The topological polar surface area (TPSA) is 52.6 Å². The lowest BCUT2D eigenvalue weighted by atomic mass is 10.0. The minimum Gasteiger partial charge on any atom is -0.496 e. The van der Waals surface area contributed by atoms with E-state index in [1.54, 1.807) is 18.4 Å². The molecule has 1 aliphatic heterocycles. The van der Waals surface area contributed by atoms with Gasteiger partial charge in [-0.2, -0.15) is 0 Å². The average Bonchev–Trinajstić information content (AvgIpc) is 3.23. The summed E-state index contributed by atoms with van der Waals surface area (Å²) >= 11 is 1.55. The molecule has 1 aromatic heterocycles. The number of benzene rings is 2. The third kappa shape index (κ3) is 3.00. The number of rotatable bonds is 4. The smallest absolute Gasteiger partial charge is 0.231 e. The fourth-order valence-corrected chi connectivity index (χ4v) is 3.70. The van der Waals surface area contributed by atoms with Crippen LogP contribution in [0.1, 0.15) is 11.1 Å². The predicted molar refractivity (Wildman–Crippen MR) is 99.4 cm³/mol. The Bertz CT molecular complexity index is 936. The molecular weight excluding hydrogens is 336 g/mol. The molecule has 3 aromatic rings. The summed E-state index contributed by atoms with van der Waals surface area (Å²) in [5, 5.41) is 6.17. The Kier molecular flexibility index (Phi) is 3.97. The quantitative estimate of drug-likeness (QED) is 0.721. The van der Waals surface area contributed by atoms with Gasteiger partial charge in [-0.05, 0) is 43.2 Å². The van der Waals surface area contributed by atoms with Crippen LogP contribution in [0.5, 0.6) is 17.2 Å². The van der Waals surface area contributed by atoms with Crippen LogP contribution in [0.25, 0.3) is 11.3 Å². The van der Waals surface area contributed by atoms with Crippen LogP contribution in [0.4, 0.5) is 10.8 Å². The lowest BCUT2D eigenvalue weighted by molar-refractivity contribution is 0.174. The van der Waals surface area contributed by atoms with Crippen LogP contribution < -0.4 is 19.5 Å². The Balaban J connectivity index is 1.63. The van der Waals surface area contributed by atoms with Gasteiger partial charge >= 0.3 is 0 Å². The lowest BCUT2D eigenvalue weighted by Gasteiger charge is -2.11. The minimum atomic E-state index is 0.271. The van der Waals surface area contributed by atoms with Crippen LogP contribution in [0.15, 0.2) is 35.7 Å². The van der Waals surface area contributed by atoms with E-state index >= 15 is 0 Å². The molecule has 0 radical (unpaired) electrons. The Morgan fingerprint density at radius 3 is 2.80 bits per heavy atom. The highest BCUT2D eigenvalue weighted by Gasteiger charge is 2.15. The monoisotopic (exact) mass is 354 g/mol. The van der Waals surface area contributed by atoms with Gasteiger partial charge < -0.3 is 19.5 Å². The van der Waals surface area contributed by atoms with E-state index in [4.69, 9.17) is 19.2 Å². The van der Waals surface area contributed by atoms with Crippen molar-refractivity contribution in [2.75, 3.05) is 19.2 Å². The highest BCUT2D eigenvalue weighted by Crippen LogP contribution is 2.38. The van der Waals surface area contributed by atoms with E-state index in [1.807, 2.05) is 30.5 Å². The first-order chi connectivity index (χ1) is 12.1. The first-order valence-corrected chi connectivity index (χ1v) is 8.80. The van der Waals surface area contributed by atoms with Crippen LogP contribution in [-0.2, 0) is 0 Å². The number of fused-ring (bicyclic) bond motifs is 1. The third-order valence-electron chi connectivity index (χ3n) is 4.03. The number of ether oxygens (including phenoxy) is 3. The Morgan fingerprint density at radius 2 is 1.96 bits per heavy atom. The van der Waals surface area contributed by atoms with Gasteiger partial charge in [-0.1, -0.05) is 6.07 Å². The molecule has 5 nitrogen and oxygen atoms in total. The molecule has 2 aromatic carbocycles. The highest BCUT2D eigenvalue weighted by atomic mass is 32.1. The SMILES string of the molecule is COc1c(C)cc(C)cc1-c1csc(Nc2ccc3c(c2)OCO3)n1. The van der Waals surface area contributed by atoms with Gasteiger partial charge in [0.15, 0.2) is 16.6 Å². The second-order valence-electron chi connectivity index (χ2n) is 5.89. The van der Waals surface area contributed by atoms with Gasteiger partial charge in [0.05, 0.1) is 12.8 Å². The van der Waals surface area contributed by atoms with E-state index in [2.05, 4.69) is 24.4 Å². The van der Waals surface area contributed by atoms with Crippen molar-refractivity contribution in [2.45, 2.75) is 13.8 Å². The fraction of sp³-hybridized carbons (Fsp3) is 0.211. The van der Waals surface area contributed by atoms with E-state index < -0.39 is 0 Å². The number of nitrogens with zero attached hydrogens (tertiary/aromatic N) is 1. The molecule has 0 amide bonds. The molecule has 0 bridgehead atoms. The van der Waals surface area contributed by atoms with Crippen molar-refractivity contribution in [1.82, 2.24) is 4.98 Å². The summed E-state index contributed by atoms with van der Waals surface area (Å²) in [5.41, 5.74) is 5.12. The molecule has 2 heterocycles. The molecule has 1 aliphatic rings. The van der Waals surface area contributed by atoms with E-state index in [0.717, 1.165) is 44.9 Å². The molecule has 0 saturated heterocycles. The van der Waals surface area contributed by atoms with Crippen molar-refractivity contribution >= 4 is 22.2 Å². The summed E-state index contributed by atoms with van der Waals surface area (Å²) in [4.78, 5) is 4.72. The number of anilines is 2. The Hall–Kier alpha value is -2.73. The Labute approximate surface area is 150 Å². The zero-order valence-corrected chi connectivity index (χ0v) is 15.1. The first-order valence-electron chi connectivity index (χ1n) is 7.92. The number of thiazole rings is 1. The van der Waals surface area contributed by atoms with Gasteiger partial charge in [-0.3, -0.25) is 0 Å². The van der Waals surface area contributed by atoms with Crippen LogP contribution in [-0.4, -0.2) is 18.9 Å². The number of nitrogens with one attached hydrogen (secondary N) is 1. The third-order valence-corrected chi connectivity index (χ3v) is 4.78. The fourth-order valence-electron chi connectivity index (χ4n) is 2.97. The van der Waals surface area contributed by atoms with Crippen LogP contribution in [0.2, 0.25) is 0 Å². The maximum atomic E-state index is 5.58. The van der Waals surface area contributed by atoms with Crippen molar-refractivity contribution in [1.29, 1.82) is 0 Å². The van der Waals surface area contributed by atoms with Crippen LogP contribution in [0, 0.1) is 13.8 Å². The summed E-state index contributed by atoms with van der Waals surface area (Å²) in [6, 6.07) is 9.98. The van der Waals surface area contributed by atoms with Gasteiger partial charge in [-0.15, -0.1) is 11.3 Å². The summed E-state index contributed by atoms with van der Waals surface area (Å²) < 4.78 is 16.3. The molecule has 0 spiro atoms. The van der Waals surface area contributed by atoms with Crippen molar-refractivity contribution in [2.24, 2.45) is 0 Å². The van der Waals surface area contributed by atoms with E-state index in [9.17, 15) is 0 Å². The van der Waals surface area contributed by atoms with Crippen molar-refractivity contribution in [3.05, 3.63) is 46.8 Å².